The summed E-state index contributed by atoms with van der Waals surface area (Å²) in [5.41, 5.74) is 0.585. The van der Waals surface area contributed by atoms with Crippen LogP contribution < -0.4 is 0 Å². The molecular formula is C11H11Cl2NO3. The van der Waals surface area contributed by atoms with Gasteiger partial charge < -0.3 is 10.0 Å². The molecule has 0 bridgehead atoms. The summed E-state index contributed by atoms with van der Waals surface area (Å²) in [7, 11) is 1.43. The van der Waals surface area contributed by atoms with Gasteiger partial charge in [0.15, 0.2) is 0 Å². The van der Waals surface area contributed by atoms with Gasteiger partial charge in [-0.05, 0) is 11.6 Å². The molecule has 1 aromatic carbocycles. The number of carbonyl (C=O) groups is 2. The van der Waals surface area contributed by atoms with Crippen LogP contribution in [-0.4, -0.2) is 35.5 Å². The first kappa shape index (κ1) is 13.8. The number of aliphatic carboxylic acids is 1. The normalized spacial score (nSPS) is 10.1. The molecule has 6 heteroatoms. The predicted molar refractivity (Wildman–Crippen MR) is 65.4 cm³/mol. The van der Waals surface area contributed by atoms with Crippen molar-refractivity contribution >= 4 is 35.1 Å². The largest absolute Gasteiger partial charge is 0.480 e. The maximum atomic E-state index is 11.7. The van der Waals surface area contributed by atoms with Crippen molar-refractivity contribution in [2.45, 2.75) is 6.42 Å². The molecule has 1 amide bonds. The van der Waals surface area contributed by atoms with Crippen molar-refractivity contribution < 1.29 is 14.7 Å². The first-order valence-electron chi connectivity index (χ1n) is 4.80. The Morgan fingerprint density at radius 3 is 2.59 bits per heavy atom. The van der Waals surface area contributed by atoms with Gasteiger partial charge in [-0.2, -0.15) is 0 Å². The van der Waals surface area contributed by atoms with E-state index < -0.39 is 5.97 Å². The molecule has 0 saturated heterocycles. The Kier molecular flexibility index (Phi) is 4.78. The molecule has 0 spiro atoms. The number of carbonyl (C=O) groups excluding carboxylic acids is 1. The topological polar surface area (TPSA) is 57.6 Å². The average molecular weight is 276 g/mol. The van der Waals surface area contributed by atoms with Gasteiger partial charge in [-0.25, -0.2) is 0 Å². The Hall–Kier alpha value is -1.26. The molecular weight excluding hydrogens is 265 g/mol. The van der Waals surface area contributed by atoms with E-state index in [9.17, 15) is 9.59 Å². The van der Waals surface area contributed by atoms with Crippen molar-refractivity contribution in [3.8, 4) is 0 Å². The number of halogens is 2. The van der Waals surface area contributed by atoms with Crippen LogP contribution in [0.1, 0.15) is 5.56 Å². The summed E-state index contributed by atoms with van der Waals surface area (Å²) >= 11 is 11.7. The van der Waals surface area contributed by atoms with Crippen LogP contribution in [0.5, 0.6) is 0 Å². The van der Waals surface area contributed by atoms with E-state index in [0.29, 0.717) is 15.6 Å². The van der Waals surface area contributed by atoms with Crippen molar-refractivity contribution in [1.29, 1.82) is 0 Å². The molecule has 0 saturated carbocycles. The van der Waals surface area contributed by atoms with E-state index in [-0.39, 0.29) is 18.9 Å². The number of hydrogen-bond donors (Lipinski definition) is 1. The summed E-state index contributed by atoms with van der Waals surface area (Å²) < 4.78 is 0. The Bertz CT molecular complexity index is 448. The zero-order valence-corrected chi connectivity index (χ0v) is 10.6. The van der Waals surface area contributed by atoms with Crippen molar-refractivity contribution in [1.82, 2.24) is 4.90 Å². The average Bonchev–Trinajstić information content (AvgIpc) is 2.23. The quantitative estimate of drug-likeness (QED) is 0.915. The van der Waals surface area contributed by atoms with E-state index in [1.54, 1.807) is 18.2 Å². The zero-order chi connectivity index (χ0) is 13.0. The lowest BCUT2D eigenvalue weighted by Crippen LogP contribution is -2.33. The van der Waals surface area contributed by atoms with Crippen molar-refractivity contribution in [2.24, 2.45) is 0 Å². The fraction of sp³-hybridized carbons (Fsp3) is 0.273. The highest BCUT2D eigenvalue weighted by Crippen LogP contribution is 2.25. The highest BCUT2D eigenvalue weighted by Gasteiger charge is 2.14. The molecule has 0 aliphatic rings. The van der Waals surface area contributed by atoms with Gasteiger partial charge in [0.1, 0.15) is 6.54 Å². The number of benzene rings is 1. The number of likely N-dealkylation sites (N-methyl/N-ethyl adjacent to an activating group) is 1. The van der Waals surface area contributed by atoms with Gasteiger partial charge in [0.25, 0.3) is 0 Å². The molecule has 0 atom stereocenters. The maximum Gasteiger partial charge on any atom is 0.323 e. The number of carboxylic acid groups (broad SMARTS) is 1. The van der Waals surface area contributed by atoms with Gasteiger partial charge in [0, 0.05) is 7.05 Å². The van der Waals surface area contributed by atoms with Gasteiger partial charge in [-0.1, -0.05) is 35.3 Å². The highest BCUT2D eigenvalue weighted by molar-refractivity contribution is 6.42. The molecule has 0 aromatic heterocycles. The molecule has 0 radical (unpaired) electrons. The van der Waals surface area contributed by atoms with Crippen LogP contribution in [0.4, 0.5) is 0 Å². The van der Waals surface area contributed by atoms with E-state index in [0.717, 1.165) is 4.90 Å². The molecule has 0 aliphatic carbocycles. The lowest BCUT2D eigenvalue weighted by molar-refractivity contribution is -0.143. The smallest absolute Gasteiger partial charge is 0.323 e. The zero-order valence-electron chi connectivity index (χ0n) is 9.11. The van der Waals surface area contributed by atoms with Crippen LogP contribution in [-0.2, 0) is 16.0 Å². The fourth-order valence-electron chi connectivity index (χ4n) is 1.27. The second kappa shape index (κ2) is 5.89. The lowest BCUT2D eigenvalue weighted by Gasteiger charge is -2.15. The number of carboxylic acids is 1. The second-order valence-electron chi connectivity index (χ2n) is 3.53. The second-order valence-corrected chi connectivity index (χ2v) is 4.32. The number of rotatable bonds is 4. The molecule has 0 aliphatic heterocycles. The van der Waals surface area contributed by atoms with Crippen LogP contribution in [0, 0.1) is 0 Å². The van der Waals surface area contributed by atoms with Crippen LogP contribution >= 0.6 is 23.2 Å². The SMILES string of the molecule is CN(CC(=O)O)C(=O)Cc1cccc(Cl)c1Cl. The summed E-state index contributed by atoms with van der Waals surface area (Å²) in [4.78, 5) is 23.2. The first-order valence-corrected chi connectivity index (χ1v) is 5.56. The van der Waals surface area contributed by atoms with Crippen LogP contribution in [0.15, 0.2) is 18.2 Å². The van der Waals surface area contributed by atoms with Crippen LogP contribution in [0.2, 0.25) is 10.0 Å². The Morgan fingerprint density at radius 1 is 1.35 bits per heavy atom. The fourth-order valence-corrected chi connectivity index (χ4v) is 1.66. The molecule has 4 nitrogen and oxygen atoms in total. The predicted octanol–water partition coefficient (Wildman–Crippen LogP) is 2.08. The summed E-state index contributed by atoms with van der Waals surface area (Å²) in [6.45, 7) is -0.336. The summed E-state index contributed by atoms with van der Waals surface area (Å²) in [5, 5.41) is 9.25. The Morgan fingerprint density at radius 2 is 2.00 bits per heavy atom. The standard InChI is InChI=1S/C11H11Cl2NO3/c1-14(6-10(16)17)9(15)5-7-3-2-4-8(12)11(7)13/h2-4H,5-6H2,1H3,(H,16,17). The summed E-state index contributed by atoms with van der Waals surface area (Å²) in [6.07, 6.45) is 0.0309. The molecule has 1 rings (SSSR count). The monoisotopic (exact) mass is 275 g/mol. The molecule has 1 N–H and O–H groups in total. The Labute approximate surface area is 109 Å². The van der Waals surface area contributed by atoms with E-state index in [1.165, 1.54) is 7.05 Å². The Balaban J connectivity index is 2.74. The van der Waals surface area contributed by atoms with Crippen LogP contribution in [0.3, 0.4) is 0 Å². The van der Waals surface area contributed by atoms with Gasteiger partial charge in [0.2, 0.25) is 5.91 Å². The number of amides is 1. The molecule has 17 heavy (non-hydrogen) atoms. The summed E-state index contributed by atoms with van der Waals surface area (Å²) in [5.74, 6) is -1.38. The maximum absolute atomic E-state index is 11.7. The minimum atomic E-state index is -1.06. The van der Waals surface area contributed by atoms with E-state index in [4.69, 9.17) is 28.3 Å². The third-order valence-corrected chi connectivity index (χ3v) is 3.03. The molecule has 0 heterocycles. The summed E-state index contributed by atoms with van der Waals surface area (Å²) in [6, 6.07) is 4.99. The van der Waals surface area contributed by atoms with E-state index >= 15 is 0 Å². The third-order valence-electron chi connectivity index (χ3n) is 2.17. The van der Waals surface area contributed by atoms with Gasteiger partial charge >= 0.3 is 5.97 Å². The molecule has 0 fully saturated rings. The van der Waals surface area contributed by atoms with E-state index in [1.807, 2.05) is 0 Å². The molecule has 1 aromatic rings. The van der Waals surface area contributed by atoms with Crippen molar-refractivity contribution in [2.75, 3.05) is 13.6 Å². The van der Waals surface area contributed by atoms with Crippen LogP contribution in [0.25, 0.3) is 0 Å². The number of nitrogens with zero attached hydrogens (tertiary/aromatic N) is 1. The lowest BCUT2D eigenvalue weighted by atomic mass is 10.1. The molecule has 0 unspecified atom stereocenters. The van der Waals surface area contributed by atoms with Gasteiger partial charge in [-0.3, -0.25) is 9.59 Å². The highest BCUT2D eigenvalue weighted by atomic mass is 35.5. The first-order chi connectivity index (χ1) is 7.91. The minimum Gasteiger partial charge on any atom is -0.480 e. The molecule has 92 valence electrons. The minimum absolute atomic E-state index is 0.0309. The van der Waals surface area contributed by atoms with Gasteiger partial charge in [0.05, 0.1) is 16.5 Å². The van der Waals surface area contributed by atoms with Crippen molar-refractivity contribution in [3.63, 3.8) is 0 Å². The van der Waals surface area contributed by atoms with Crippen molar-refractivity contribution in [3.05, 3.63) is 33.8 Å². The van der Waals surface area contributed by atoms with Gasteiger partial charge in [-0.15, -0.1) is 0 Å². The number of hydrogen-bond acceptors (Lipinski definition) is 2. The third kappa shape index (κ3) is 3.91. The van der Waals surface area contributed by atoms with E-state index in [2.05, 4.69) is 0 Å².